The molecule has 5 nitrogen and oxygen atoms in total. The summed E-state index contributed by atoms with van der Waals surface area (Å²) in [6, 6.07) is 4.23. The number of aryl methyl sites for hydroxylation is 1. The molecule has 1 saturated heterocycles. The van der Waals surface area contributed by atoms with E-state index in [1.807, 2.05) is 10.9 Å². The molecule has 1 unspecified atom stereocenters. The minimum atomic E-state index is 0.588. The van der Waals surface area contributed by atoms with Crippen molar-refractivity contribution in [3.63, 3.8) is 0 Å². The summed E-state index contributed by atoms with van der Waals surface area (Å²) < 4.78 is 1.99. The quantitative estimate of drug-likeness (QED) is 0.913. The highest BCUT2D eigenvalue weighted by Gasteiger charge is 2.22. The fourth-order valence-electron chi connectivity index (χ4n) is 2.84. The number of rotatable bonds is 4. The van der Waals surface area contributed by atoms with Gasteiger partial charge in [-0.1, -0.05) is 0 Å². The first-order chi connectivity index (χ1) is 9.35. The average molecular weight is 259 g/mol. The number of hydrogen-bond acceptors (Lipinski definition) is 3. The average Bonchev–Trinajstić information content (AvgIpc) is 3.10. The van der Waals surface area contributed by atoms with Gasteiger partial charge in [-0.2, -0.15) is 10.2 Å². The Hall–Kier alpha value is -1.62. The van der Waals surface area contributed by atoms with Crippen molar-refractivity contribution in [2.75, 3.05) is 13.1 Å². The Morgan fingerprint density at radius 1 is 1.42 bits per heavy atom. The lowest BCUT2D eigenvalue weighted by molar-refractivity contribution is 0.196. The fourth-order valence-corrected chi connectivity index (χ4v) is 2.84. The van der Waals surface area contributed by atoms with E-state index in [-0.39, 0.29) is 0 Å². The minimum absolute atomic E-state index is 0.588. The molecule has 3 rings (SSSR count). The summed E-state index contributed by atoms with van der Waals surface area (Å²) in [5.74, 6) is 0.588. The molecule has 2 aromatic rings. The molecule has 0 aromatic carbocycles. The molecule has 1 fully saturated rings. The number of nitrogens with zero attached hydrogens (tertiary/aromatic N) is 4. The van der Waals surface area contributed by atoms with Crippen LogP contribution in [0.5, 0.6) is 0 Å². The number of hydrogen-bond donors (Lipinski definition) is 1. The molecular weight excluding hydrogens is 238 g/mol. The molecule has 0 radical (unpaired) electrons. The van der Waals surface area contributed by atoms with E-state index in [2.05, 4.69) is 45.4 Å². The first kappa shape index (κ1) is 12.4. The van der Waals surface area contributed by atoms with Crippen LogP contribution in [0.15, 0.2) is 24.5 Å². The van der Waals surface area contributed by atoms with Crippen molar-refractivity contribution in [3.05, 3.63) is 35.9 Å². The lowest BCUT2D eigenvalue weighted by Crippen LogP contribution is -2.34. The molecule has 1 aliphatic rings. The van der Waals surface area contributed by atoms with Gasteiger partial charge in [0.25, 0.3) is 0 Å². The number of likely N-dealkylation sites (tertiary alicyclic amines) is 1. The predicted molar refractivity (Wildman–Crippen MR) is 73.7 cm³/mol. The number of nitrogens with one attached hydrogen (secondary N) is 1. The highest BCUT2D eigenvalue weighted by atomic mass is 15.3. The van der Waals surface area contributed by atoms with Gasteiger partial charge in [0.15, 0.2) is 0 Å². The van der Waals surface area contributed by atoms with Crippen LogP contribution in [0.3, 0.4) is 0 Å². The third-order valence-corrected chi connectivity index (χ3v) is 3.87. The van der Waals surface area contributed by atoms with E-state index in [9.17, 15) is 0 Å². The second-order valence-electron chi connectivity index (χ2n) is 5.25. The van der Waals surface area contributed by atoms with Crippen LogP contribution < -0.4 is 0 Å². The van der Waals surface area contributed by atoms with Crippen LogP contribution in [0.25, 0.3) is 0 Å². The predicted octanol–water partition coefficient (Wildman–Crippen LogP) is 2.01. The van der Waals surface area contributed by atoms with E-state index in [1.54, 1.807) is 0 Å². The molecule has 0 amide bonds. The molecular formula is C14H21N5. The highest BCUT2D eigenvalue weighted by molar-refractivity contribution is 5.08. The molecule has 1 N–H and O–H groups in total. The molecule has 0 saturated carbocycles. The van der Waals surface area contributed by atoms with Crippen LogP contribution in [0, 0.1) is 0 Å². The standard InChI is InChI=1S/C14H21N5/c1-2-19-9-6-13(17-19)11-18-8-3-4-12(10-18)14-5-7-15-16-14/h5-7,9,12H,2-4,8,10-11H2,1H3,(H,15,16). The largest absolute Gasteiger partial charge is 0.297 e. The van der Waals surface area contributed by atoms with Gasteiger partial charge < -0.3 is 0 Å². The van der Waals surface area contributed by atoms with E-state index in [1.165, 1.54) is 30.8 Å². The molecule has 0 bridgehead atoms. The van der Waals surface area contributed by atoms with Crippen molar-refractivity contribution in [1.29, 1.82) is 0 Å². The van der Waals surface area contributed by atoms with Gasteiger partial charge in [0.2, 0.25) is 0 Å². The number of H-pyrrole nitrogens is 1. The summed E-state index contributed by atoms with van der Waals surface area (Å²) >= 11 is 0. The molecule has 0 aliphatic carbocycles. The van der Waals surface area contributed by atoms with Gasteiger partial charge in [-0.25, -0.2) is 0 Å². The molecule has 1 atom stereocenters. The molecule has 1 aliphatic heterocycles. The number of aromatic nitrogens is 4. The number of piperidine rings is 1. The van der Waals surface area contributed by atoms with Crippen molar-refractivity contribution in [3.8, 4) is 0 Å². The van der Waals surface area contributed by atoms with Crippen LogP contribution in [-0.2, 0) is 13.1 Å². The van der Waals surface area contributed by atoms with Gasteiger partial charge >= 0.3 is 0 Å². The van der Waals surface area contributed by atoms with Crippen LogP contribution >= 0.6 is 0 Å². The minimum Gasteiger partial charge on any atom is -0.297 e. The normalized spacial score (nSPS) is 20.8. The lowest BCUT2D eigenvalue weighted by Gasteiger charge is -2.31. The van der Waals surface area contributed by atoms with E-state index in [0.29, 0.717) is 5.92 Å². The van der Waals surface area contributed by atoms with Crippen molar-refractivity contribution in [2.45, 2.75) is 38.8 Å². The zero-order valence-corrected chi connectivity index (χ0v) is 11.4. The molecule has 0 spiro atoms. The molecule has 5 heteroatoms. The summed E-state index contributed by atoms with van der Waals surface area (Å²) in [7, 11) is 0. The van der Waals surface area contributed by atoms with Crippen molar-refractivity contribution >= 4 is 0 Å². The summed E-state index contributed by atoms with van der Waals surface area (Å²) in [5.41, 5.74) is 2.44. The Morgan fingerprint density at radius 3 is 3.11 bits per heavy atom. The Balaban J connectivity index is 1.62. The topological polar surface area (TPSA) is 49.7 Å². The third kappa shape index (κ3) is 2.87. The van der Waals surface area contributed by atoms with E-state index >= 15 is 0 Å². The zero-order chi connectivity index (χ0) is 13.1. The summed E-state index contributed by atoms with van der Waals surface area (Å²) in [4.78, 5) is 2.50. The maximum Gasteiger partial charge on any atom is 0.0764 e. The SMILES string of the molecule is CCn1ccc(CN2CCCC(c3ccn[nH]3)C2)n1. The lowest BCUT2D eigenvalue weighted by atomic mass is 9.95. The van der Waals surface area contributed by atoms with Crippen molar-refractivity contribution < 1.29 is 0 Å². The number of aromatic amines is 1. The molecule has 3 heterocycles. The molecule has 19 heavy (non-hydrogen) atoms. The maximum atomic E-state index is 4.57. The molecule has 102 valence electrons. The van der Waals surface area contributed by atoms with Gasteiger partial charge in [0.1, 0.15) is 0 Å². The third-order valence-electron chi connectivity index (χ3n) is 3.87. The maximum absolute atomic E-state index is 4.57. The van der Waals surface area contributed by atoms with Crippen molar-refractivity contribution in [2.24, 2.45) is 0 Å². The second kappa shape index (κ2) is 5.57. The monoisotopic (exact) mass is 259 g/mol. The van der Waals surface area contributed by atoms with E-state index in [0.717, 1.165) is 19.6 Å². The summed E-state index contributed by atoms with van der Waals surface area (Å²) in [6.45, 7) is 6.28. The Bertz CT molecular complexity index is 502. The van der Waals surface area contributed by atoms with Crippen LogP contribution in [0.4, 0.5) is 0 Å². The first-order valence-electron chi connectivity index (χ1n) is 7.09. The Morgan fingerprint density at radius 2 is 2.37 bits per heavy atom. The van der Waals surface area contributed by atoms with Crippen LogP contribution in [0.1, 0.15) is 37.1 Å². The smallest absolute Gasteiger partial charge is 0.0764 e. The highest BCUT2D eigenvalue weighted by Crippen LogP contribution is 2.25. The molecule has 2 aromatic heterocycles. The summed E-state index contributed by atoms with van der Waals surface area (Å²) in [5, 5.41) is 11.7. The Labute approximate surface area is 113 Å². The van der Waals surface area contributed by atoms with Gasteiger partial charge in [0.05, 0.1) is 5.69 Å². The first-order valence-corrected chi connectivity index (χ1v) is 7.09. The van der Waals surface area contributed by atoms with Crippen molar-refractivity contribution in [1.82, 2.24) is 24.9 Å². The fraction of sp³-hybridized carbons (Fsp3) is 0.571. The summed E-state index contributed by atoms with van der Waals surface area (Å²) in [6.07, 6.45) is 6.41. The van der Waals surface area contributed by atoms with Crippen LogP contribution in [0.2, 0.25) is 0 Å². The van der Waals surface area contributed by atoms with Gasteiger partial charge in [-0.05, 0) is 38.4 Å². The second-order valence-corrected chi connectivity index (χ2v) is 5.25. The van der Waals surface area contributed by atoms with Gasteiger partial charge in [-0.15, -0.1) is 0 Å². The van der Waals surface area contributed by atoms with Gasteiger partial charge in [0, 0.05) is 43.6 Å². The zero-order valence-electron chi connectivity index (χ0n) is 11.4. The van der Waals surface area contributed by atoms with Gasteiger partial charge in [-0.3, -0.25) is 14.7 Å². The van der Waals surface area contributed by atoms with E-state index < -0.39 is 0 Å². The van der Waals surface area contributed by atoms with E-state index in [4.69, 9.17) is 0 Å². The Kier molecular flexibility index (Phi) is 3.64. The van der Waals surface area contributed by atoms with Crippen LogP contribution in [-0.4, -0.2) is 38.0 Å².